The van der Waals surface area contributed by atoms with Crippen molar-refractivity contribution in [2.75, 3.05) is 20.2 Å². The highest BCUT2D eigenvalue weighted by atomic mass is 35.5. The molecule has 34 heavy (non-hydrogen) atoms. The Kier molecular flexibility index (Phi) is 10.1. The highest BCUT2D eigenvalue weighted by Gasteiger charge is 2.33. The molecule has 0 radical (unpaired) electrons. The quantitative estimate of drug-likeness (QED) is 0.260. The van der Waals surface area contributed by atoms with Crippen molar-refractivity contribution in [2.24, 2.45) is 0 Å². The van der Waals surface area contributed by atoms with Crippen molar-refractivity contribution in [3.05, 3.63) is 77.3 Å². The lowest BCUT2D eigenvalue weighted by Gasteiger charge is -2.21. The number of nitrogens with zero attached hydrogens (tertiary/aromatic N) is 1. The molecule has 1 N–H and O–H groups in total. The van der Waals surface area contributed by atoms with Gasteiger partial charge in [0.2, 0.25) is 10.0 Å². The molecule has 0 spiro atoms. The molecule has 0 amide bonds. The van der Waals surface area contributed by atoms with E-state index in [4.69, 9.17) is 11.6 Å². The smallest absolute Gasteiger partial charge is 0.305 e. The molecule has 1 saturated heterocycles. The largest absolute Gasteiger partial charge is 0.469 e. The fourth-order valence-corrected chi connectivity index (χ4v) is 5.59. The van der Waals surface area contributed by atoms with Gasteiger partial charge < -0.3 is 4.74 Å². The zero-order valence-corrected chi connectivity index (χ0v) is 21.1. The van der Waals surface area contributed by atoms with Crippen LogP contribution in [0.25, 0.3) is 0 Å². The second-order valence-electron chi connectivity index (χ2n) is 8.56. The molecule has 2 aromatic carbocycles. The van der Waals surface area contributed by atoms with E-state index in [1.54, 1.807) is 12.1 Å². The Morgan fingerprint density at radius 1 is 1.15 bits per heavy atom. The average molecular weight is 505 g/mol. The lowest BCUT2D eigenvalue weighted by atomic mass is 10.1. The molecule has 1 aliphatic heterocycles. The summed E-state index contributed by atoms with van der Waals surface area (Å²) in [6, 6.07) is 16.6. The Bertz CT molecular complexity index is 1040. The van der Waals surface area contributed by atoms with E-state index in [1.807, 2.05) is 18.2 Å². The number of hydrogen-bond acceptors (Lipinski definition) is 5. The number of aryl methyl sites for hydroxylation is 1. The summed E-state index contributed by atoms with van der Waals surface area (Å²) < 4.78 is 33.3. The highest BCUT2D eigenvalue weighted by molar-refractivity contribution is 7.89. The Hall–Kier alpha value is -2.19. The van der Waals surface area contributed by atoms with Crippen LogP contribution in [0, 0.1) is 0 Å². The molecule has 2 aromatic rings. The highest BCUT2D eigenvalue weighted by Crippen LogP contribution is 2.23. The lowest BCUT2D eigenvalue weighted by Crippen LogP contribution is -2.37. The number of rotatable bonds is 12. The van der Waals surface area contributed by atoms with Crippen molar-refractivity contribution < 1.29 is 17.9 Å². The fourth-order valence-electron chi connectivity index (χ4n) is 4.23. The van der Waals surface area contributed by atoms with E-state index in [9.17, 15) is 13.2 Å². The zero-order chi connectivity index (χ0) is 24.4. The Morgan fingerprint density at radius 3 is 2.59 bits per heavy atom. The maximum Gasteiger partial charge on any atom is 0.305 e. The molecule has 0 aliphatic carbocycles. The number of nitrogens with one attached hydrogen (secondary N) is 1. The van der Waals surface area contributed by atoms with Gasteiger partial charge in [0, 0.05) is 30.1 Å². The summed E-state index contributed by atoms with van der Waals surface area (Å²) in [5, 5.41) is 0.502. The standard InChI is InChI=1S/C26H33ClN2O4S/c1-33-26(30)13-7-3-6-12-24-19-23(28-34(31,32)25-16-14-22(27)15-17-25)20-29(24)18-8-11-21-9-4-2-5-10-21/h2,4-6,9-10,12,14-17,23-24,28H,3,7-8,11,13,18-20H2,1H3/b12-6-/t23-,24-/m1/s1. The molecular formula is C26H33ClN2O4S. The molecule has 1 fully saturated rings. The number of ether oxygens (including phenoxy) is 1. The maximum atomic E-state index is 12.9. The van der Waals surface area contributed by atoms with Gasteiger partial charge >= 0.3 is 5.97 Å². The van der Waals surface area contributed by atoms with Crippen LogP contribution < -0.4 is 4.72 Å². The number of likely N-dealkylation sites (tertiary alicyclic amines) is 1. The van der Waals surface area contributed by atoms with Crippen molar-refractivity contribution in [1.82, 2.24) is 9.62 Å². The number of sulfonamides is 1. The number of esters is 1. The van der Waals surface area contributed by atoms with Crippen LogP contribution in [-0.4, -0.2) is 51.6 Å². The normalized spacial score (nSPS) is 19.0. The van der Waals surface area contributed by atoms with E-state index in [0.29, 0.717) is 24.4 Å². The van der Waals surface area contributed by atoms with E-state index >= 15 is 0 Å². The van der Waals surface area contributed by atoms with Crippen LogP contribution in [0.15, 0.2) is 71.6 Å². The number of benzene rings is 2. The third kappa shape index (κ3) is 8.24. The van der Waals surface area contributed by atoms with Gasteiger partial charge in [0.25, 0.3) is 0 Å². The van der Waals surface area contributed by atoms with Gasteiger partial charge in [-0.2, -0.15) is 0 Å². The summed E-state index contributed by atoms with van der Waals surface area (Å²) in [6.45, 7) is 1.53. The van der Waals surface area contributed by atoms with Crippen LogP contribution >= 0.6 is 11.6 Å². The summed E-state index contributed by atoms with van der Waals surface area (Å²) in [7, 11) is -2.23. The van der Waals surface area contributed by atoms with E-state index in [-0.39, 0.29) is 22.9 Å². The van der Waals surface area contributed by atoms with Crippen molar-refractivity contribution in [3.8, 4) is 0 Å². The van der Waals surface area contributed by atoms with Crippen molar-refractivity contribution in [3.63, 3.8) is 0 Å². The molecule has 3 rings (SSSR count). The van der Waals surface area contributed by atoms with Crippen molar-refractivity contribution in [1.29, 1.82) is 0 Å². The van der Waals surface area contributed by atoms with Crippen LogP contribution in [0.2, 0.25) is 5.02 Å². The second-order valence-corrected chi connectivity index (χ2v) is 10.7. The summed E-state index contributed by atoms with van der Waals surface area (Å²) >= 11 is 5.90. The summed E-state index contributed by atoms with van der Waals surface area (Å²) in [6.07, 6.45) is 8.83. The molecule has 6 nitrogen and oxygen atoms in total. The van der Waals surface area contributed by atoms with E-state index < -0.39 is 10.0 Å². The van der Waals surface area contributed by atoms with Crippen LogP contribution in [0.3, 0.4) is 0 Å². The van der Waals surface area contributed by atoms with Crippen LogP contribution in [0.1, 0.15) is 37.7 Å². The maximum absolute atomic E-state index is 12.9. The van der Waals surface area contributed by atoms with Crippen LogP contribution in [-0.2, 0) is 26.0 Å². The monoisotopic (exact) mass is 504 g/mol. The Morgan fingerprint density at radius 2 is 1.88 bits per heavy atom. The number of hydrogen-bond donors (Lipinski definition) is 1. The number of allylic oxidation sites excluding steroid dienone is 1. The predicted octanol–water partition coefficient (Wildman–Crippen LogP) is 4.59. The zero-order valence-electron chi connectivity index (χ0n) is 19.5. The SMILES string of the molecule is COC(=O)CCC/C=C\[C@@H]1C[C@@H](NS(=O)(=O)c2ccc(Cl)cc2)CN1CCCc1ccccc1. The van der Waals surface area contributed by atoms with E-state index in [0.717, 1.165) is 32.2 Å². The molecular weight excluding hydrogens is 472 g/mol. The van der Waals surface area contributed by atoms with Gasteiger partial charge in [-0.25, -0.2) is 13.1 Å². The minimum Gasteiger partial charge on any atom is -0.469 e. The first-order valence-corrected chi connectivity index (χ1v) is 13.5. The van der Waals surface area contributed by atoms with Gasteiger partial charge in [0.05, 0.1) is 12.0 Å². The van der Waals surface area contributed by atoms with E-state index in [1.165, 1.54) is 24.8 Å². The lowest BCUT2D eigenvalue weighted by molar-refractivity contribution is -0.140. The minimum atomic E-state index is -3.62. The van der Waals surface area contributed by atoms with Crippen molar-refractivity contribution >= 4 is 27.6 Å². The van der Waals surface area contributed by atoms with Gasteiger partial charge in [-0.1, -0.05) is 54.1 Å². The summed E-state index contributed by atoms with van der Waals surface area (Å²) in [4.78, 5) is 13.9. The summed E-state index contributed by atoms with van der Waals surface area (Å²) in [5.41, 5.74) is 1.30. The topological polar surface area (TPSA) is 75.7 Å². The number of carbonyl (C=O) groups is 1. The first-order chi connectivity index (χ1) is 16.4. The molecule has 0 aromatic heterocycles. The number of carbonyl (C=O) groups excluding carboxylic acids is 1. The molecule has 2 atom stereocenters. The predicted molar refractivity (Wildman–Crippen MR) is 135 cm³/mol. The number of unbranched alkanes of at least 4 members (excludes halogenated alkanes) is 1. The van der Waals surface area contributed by atoms with Crippen LogP contribution in [0.4, 0.5) is 0 Å². The first kappa shape index (κ1) is 26.4. The second kappa shape index (κ2) is 13.0. The fraction of sp³-hybridized carbons (Fsp3) is 0.423. The number of methoxy groups -OCH3 is 1. The molecule has 0 saturated carbocycles. The van der Waals surface area contributed by atoms with Gasteiger partial charge in [-0.05, 0) is 68.5 Å². The van der Waals surface area contributed by atoms with Gasteiger partial charge in [0.1, 0.15) is 0 Å². The number of halogens is 1. The summed E-state index contributed by atoms with van der Waals surface area (Å²) in [5.74, 6) is -0.200. The molecule has 1 aliphatic rings. The molecule has 184 valence electrons. The third-order valence-electron chi connectivity index (χ3n) is 5.99. The van der Waals surface area contributed by atoms with Gasteiger partial charge in [-0.3, -0.25) is 9.69 Å². The molecule has 0 unspecified atom stereocenters. The molecule has 1 heterocycles. The van der Waals surface area contributed by atoms with E-state index in [2.05, 4.69) is 38.6 Å². The average Bonchev–Trinajstić information content (AvgIpc) is 3.20. The van der Waals surface area contributed by atoms with Crippen molar-refractivity contribution in [2.45, 2.75) is 55.5 Å². The van der Waals surface area contributed by atoms with Gasteiger partial charge in [-0.15, -0.1) is 0 Å². The first-order valence-electron chi connectivity index (χ1n) is 11.7. The van der Waals surface area contributed by atoms with Gasteiger partial charge in [0.15, 0.2) is 0 Å². The molecule has 8 heteroatoms. The minimum absolute atomic E-state index is 0.145. The third-order valence-corrected chi connectivity index (χ3v) is 7.78. The Labute approximate surface area is 208 Å². The van der Waals surface area contributed by atoms with Crippen LogP contribution in [0.5, 0.6) is 0 Å². The Balaban J connectivity index is 1.60. The molecule has 0 bridgehead atoms.